The van der Waals surface area contributed by atoms with E-state index in [9.17, 15) is 14.7 Å². The van der Waals surface area contributed by atoms with Crippen LogP contribution in [-0.2, 0) is 4.79 Å². The molecule has 2 unspecified atom stereocenters. The molecule has 2 amide bonds. The highest BCUT2D eigenvalue weighted by atomic mass is 35.5. The molecular formula is C20H31ClN2O3. The summed E-state index contributed by atoms with van der Waals surface area (Å²) < 4.78 is 0. The molecule has 0 aromatic carbocycles. The van der Waals surface area contributed by atoms with E-state index >= 15 is 0 Å². The number of rotatable bonds is 5. The van der Waals surface area contributed by atoms with Crippen LogP contribution in [0.3, 0.4) is 0 Å². The lowest BCUT2D eigenvalue weighted by Crippen LogP contribution is -2.65. The topological polar surface area (TPSA) is 78.4 Å². The Bertz CT molecular complexity index is 574. The molecule has 3 N–H and O–H groups in total. The number of carboxylic acid groups (broad SMARTS) is 1. The summed E-state index contributed by atoms with van der Waals surface area (Å²) in [4.78, 5) is 23.9. The molecule has 5 nitrogen and oxygen atoms in total. The molecule has 26 heavy (non-hydrogen) atoms. The van der Waals surface area contributed by atoms with E-state index < -0.39 is 5.97 Å². The molecule has 146 valence electrons. The Labute approximate surface area is 160 Å². The van der Waals surface area contributed by atoms with Crippen molar-refractivity contribution >= 4 is 23.6 Å². The fourth-order valence-corrected chi connectivity index (χ4v) is 7.58. The standard InChI is InChI=1S/C20H31ClN2O3/c21-19-7-14-6-15(8-19)10-20(9-14,12-19)23-17(26)22-13-18(11-16(24)25)4-2-1-3-5-18/h14-15H,1-13H2,(H,24,25)(H2,22,23,26). The average Bonchev–Trinajstić information content (AvgIpc) is 2.50. The van der Waals surface area contributed by atoms with Gasteiger partial charge in [0.15, 0.2) is 0 Å². The van der Waals surface area contributed by atoms with Gasteiger partial charge < -0.3 is 15.7 Å². The van der Waals surface area contributed by atoms with Crippen LogP contribution in [0, 0.1) is 17.3 Å². The van der Waals surface area contributed by atoms with E-state index in [2.05, 4.69) is 10.6 Å². The minimum atomic E-state index is -0.765. The Kier molecular flexibility index (Phi) is 4.65. The summed E-state index contributed by atoms with van der Waals surface area (Å²) in [5, 5.41) is 15.6. The average molecular weight is 383 g/mol. The Balaban J connectivity index is 1.37. The van der Waals surface area contributed by atoms with E-state index in [-0.39, 0.29) is 28.3 Å². The Morgan fingerprint density at radius 2 is 1.69 bits per heavy atom. The number of hydrogen-bond donors (Lipinski definition) is 3. The third-order valence-corrected chi connectivity index (χ3v) is 7.88. The summed E-state index contributed by atoms with van der Waals surface area (Å²) >= 11 is 6.85. The van der Waals surface area contributed by atoms with E-state index in [1.165, 1.54) is 6.42 Å². The molecular weight excluding hydrogens is 352 g/mol. The zero-order chi connectivity index (χ0) is 18.4. The summed E-state index contributed by atoms with van der Waals surface area (Å²) in [6.45, 7) is 0.458. The number of amides is 2. The van der Waals surface area contributed by atoms with Gasteiger partial charge in [0.05, 0.1) is 6.42 Å². The highest BCUT2D eigenvalue weighted by Gasteiger charge is 2.57. The second-order valence-corrected chi connectivity index (χ2v) is 10.6. The van der Waals surface area contributed by atoms with Gasteiger partial charge in [-0.05, 0) is 68.6 Å². The van der Waals surface area contributed by atoms with Crippen molar-refractivity contribution in [2.24, 2.45) is 17.3 Å². The van der Waals surface area contributed by atoms with Gasteiger partial charge >= 0.3 is 12.0 Å². The van der Waals surface area contributed by atoms with Crippen molar-refractivity contribution in [3.63, 3.8) is 0 Å². The number of carbonyl (C=O) groups is 2. The Hall–Kier alpha value is -0.970. The van der Waals surface area contributed by atoms with Crippen LogP contribution in [0.15, 0.2) is 0 Å². The number of carboxylic acids is 1. The van der Waals surface area contributed by atoms with Gasteiger partial charge in [0.1, 0.15) is 0 Å². The second kappa shape index (κ2) is 6.57. The maximum atomic E-state index is 12.7. The molecule has 0 spiro atoms. The van der Waals surface area contributed by atoms with Gasteiger partial charge in [0.25, 0.3) is 0 Å². The maximum absolute atomic E-state index is 12.7. The Morgan fingerprint density at radius 1 is 1.04 bits per heavy atom. The van der Waals surface area contributed by atoms with Crippen LogP contribution in [0.5, 0.6) is 0 Å². The van der Waals surface area contributed by atoms with Crippen LogP contribution < -0.4 is 10.6 Å². The fourth-order valence-electron chi connectivity index (χ4n) is 6.89. The third kappa shape index (κ3) is 3.69. The monoisotopic (exact) mass is 382 g/mol. The minimum Gasteiger partial charge on any atom is -0.481 e. The number of nitrogens with one attached hydrogen (secondary N) is 2. The first-order chi connectivity index (χ1) is 12.3. The van der Waals surface area contributed by atoms with Gasteiger partial charge in [-0.1, -0.05) is 19.3 Å². The zero-order valence-corrected chi connectivity index (χ0v) is 16.2. The van der Waals surface area contributed by atoms with Gasteiger partial charge in [0.2, 0.25) is 0 Å². The van der Waals surface area contributed by atoms with Crippen molar-refractivity contribution in [1.29, 1.82) is 0 Å². The van der Waals surface area contributed by atoms with Crippen LogP contribution in [0.1, 0.15) is 77.0 Å². The van der Waals surface area contributed by atoms with Crippen LogP contribution >= 0.6 is 11.6 Å². The number of urea groups is 1. The van der Waals surface area contributed by atoms with Crippen molar-refractivity contribution in [3.05, 3.63) is 0 Å². The van der Waals surface area contributed by atoms with Crippen LogP contribution in [0.25, 0.3) is 0 Å². The van der Waals surface area contributed by atoms with E-state index in [4.69, 9.17) is 11.6 Å². The first-order valence-corrected chi connectivity index (χ1v) is 10.6. The lowest BCUT2D eigenvalue weighted by atomic mass is 9.52. The molecule has 6 heteroatoms. The molecule has 2 atom stereocenters. The quantitative estimate of drug-likeness (QED) is 0.628. The van der Waals surface area contributed by atoms with Crippen molar-refractivity contribution < 1.29 is 14.7 Å². The predicted molar refractivity (Wildman–Crippen MR) is 100 cm³/mol. The summed E-state index contributed by atoms with van der Waals surface area (Å²) in [6.07, 6.45) is 11.6. The Morgan fingerprint density at radius 3 is 2.27 bits per heavy atom. The molecule has 0 heterocycles. The molecule has 5 saturated carbocycles. The van der Waals surface area contributed by atoms with Gasteiger partial charge in [0, 0.05) is 17.0 Å². The van der Waals surface area contributed by atoms with Crippen molar-refractivity contribution in [1.82, 2.24) is 10.6 Å². The smallest absolute Gasteiger partial charge is 0.315 e. The molecule has 5 rings (SSSR count). The molecule has 5 aliphatic carbocycles. The lowest BCUT2D eigenvalue weighted by Gasteiger charge is -2.60. The number of halogens is 1. The summed E-state index contributed by atoms with van der Waals surface area (Å²) in [6, 6.07) is -0.137. The normalized spacial score (nSPS) is 40.2. The minimum absolute atomic E-state index is 0.120. The number of hydrogen-bond acceptors (Lipinski definition) is 2. The van der Waals surface area contributed by atoms with Gasteiger partial charge in [-0.15, -0.1) is 11.6 Å². The molecule has 0 aromatic heterocycles. The van der Waals surface area contributed by atoms with Crippen LogP contribution in [0.2, 0.25) is 0 Å². The molecule has 4 bridgehead atoms. The highest BCUT2D eigenvalue weighted by Crippen LogP contribution is 2.59. The summed E-state index contributed by atoms with van der Waals surface area (Å²) in [7, 11) is 0. The molecule has 0 aromatic rings. The largest absolute Gasteiger partial charge is 0.481 e. The van der Waals surface area contributed by atoms with E-state index in [0.717, 1.165) is 64.2 Å². The molecule has 0 radical (unpaired) electrons. The number of carbonyl (C=O) groups excluding carboxylic acids is 1. The SMILES string of the molecule is O=C(O)CC1(CNC(=O)NC23CC4CC(CC(Cl)(C4)C2)C3)CCCCC1. The molecule has 5 fully saturated rings. The lowest BCUT2D eigenvalue weighted by molar-refractivity contribution is -0.140. The fraction of sp³-hybridized carbons (Fsp3) is 0.900. The van der Waals surface area contributed by atoms with Gasteiger partial charge in [-0.2, -0.15) is 0 Å². The highest BCUT2D eigenvalue weighted by molar-refractivity contribution is 6.24. The number of alkyl halides is 1. The van der Waals surface area contributed by atoms with Crippen LogP contribution in [-0.4, -0.2) is 34.1 Å². The van der Waals surface area contributed by atoms with E-state index in [1.54, 1.807) is 0 Å². The van der Waals surface area contributed by atoms with E-state index in [0.29, 0.717) is 18.4 Å². The predicted octanol–water partition coefficient (Wildman–Crippen LogP) is 4.04. The third-order valence-electron chi connectivity index (χ3n) is 7.43. The van der Waals surface area contributed by atoms with Gasteiger partial charge in [-0.25, -0.2) is 4.79 Å². The van der Waals surface area contributed by atoms with Gasteiger partial charge in [-0.3, -0.25) is 4.79 Å². The second-order valence-electron chi connectivity index (χ2n) is 9.83. The molecule has 0 aliphatic heterocycles. The molecule has 5 aliphatic rings. The van der Waals surface area contributed by atoms with Crippen molar-refractivity contribution in [2.45, 2.75) is 87.5 Å². The summed E-state index contributed by atoms with van der Waals surface area (Å²) in [5.41, 5.74) is -0.432. The van der Waals surface area contributed by atoms with Crippen LogP contribution in [0.4, 0.5) is 4.79 Å². The number of aliphatic carboxylic acids is 1. The van der Waals surface area contributed by atoms with Crippen molar-refractivity contribution in [2.75, 3.05) is 6.54 Å². The van der Waals surface area contributed by atoms with E-state index in [1.807, 2.05) is 0 Å². The maximum Gasteiger partial charge on any atom is 0.315 e. The summed E-state index contributed by atoms with van der Waals surface area (Å²) in [5.74, 6) is 0.524. The molecule has 0 saturated heterocycles. The van der Waals surface area contributed by atoms with Crippen molar-refractivity contribution in [3.8, 4) is 0 Å². The first-order valence-electron chi connectivity index (χ1n) is 10.3. The zero-order valence-electron chi connectivity index (χ0n) is 15.5. The first kappa shape index (κ1) is 18.4.